The first kappa shape index (κ1) is 28.9. The summed E-state index contributed by atoms with van der Waals surface area (Å²) >= 11 is 0. The van der Waals surface area contributed by atoms with Gasteiger partial charge in [-0.15, -0.1) is 6.58 Å². The van der Waals surface area contributed by atoms with Gasteiger partial charge in [0.1, 0.15) is 0 Å². The molecule has 0 heterocycles. The molecule has 0 aromatic heterocycles. The van der Waals surface area contributed by atoms with Crippen LogP contribution in [-0.4, -0.2) is 0 Å². The molecule has 44 heavy (non-hydrogen) atoms. The lowest BCUT2D eigenvalue weighted by atomic mass is 9.73. The maximum Gasteiger partial charge on any atom is 0.0125 e. The lowest BCUT2D eigenvalue weighted by Crippen LogP contribution is -2.25. The molecule has 0 saturated carbocycles. The highest BCUT2D eigenvalue weighted by Gasteiger charge is 2.28. The molecule has 214 valence electrons. The lowest BCUT2D eigenvalue weighted by Gasteiger charge is -2.30. The minimum absolute atomic E-state index is 0.103. The van der Waals surface area contributed by atoms with E-state index in [9.17, 15) is 0 Å². The fourth-order valence-corrected chi connectivity index (χ4v) is 6.98. The van der Waals surface area contributed by atoms with Crippen molar-refractivity contribution >= 4 is 46.7 Å². The number of allylic oxidation sites excluding steroid dienone is 15. The van der Waals surface area contributed by atoms with Crippen LogP contribution in [0, 0.1) is 17.8 Å². The molecule has 0 aliphatic heterocycles. The molecule has 0 nitrogen and oxygen atoms in total. The maximum absolute atomic E-state index is 4.63. The van der Waals surface area contributed by atoms with Gasteiger partial charge in [0, 0.05) is 23.7 Å². The normalized spacial score (nSPS) is 21.2. The summed E-state index contributed by atoms with van der Waals surface area (Å²) in [6.45, 7) is 26.1. The summed E-state index contributed by atoms with van der Waals surface area (Å²) in [5.41, 5.74) is 8.86. The van der Waals surface area contributed by atoms with Crippen molar-refractivity contribution < 1.29 is 0 Å². The number of hydrogen-bond donors (Lipinski definition) is 0. The molecular weight excluding hydrogens is 528 g/mol. The van der Waals surface area contributed by atoms with E-state index in [4.69, 9.17) is 0 Å². The number of hydrogen-bond acceptors (Lipinski definition) is 0. The second kappa shape index (κ2) is 12.2. The quantitative estimate of drug-likeness (QED) is 0.238. The summed E-state index contributed by atoms with van der Waals surface area (Å²) in [5, 5.41) is 4.31. The Labute approximate surface area is 261 Å². The van der Waals surface area contributed by atoms with Gasteiger partial charge in [-0.05, 0) is 71.8 Å². The van der Waals surface area contributed by atoms with Crippen LogP contribution in [0.1, 0.15) is 33.7 Å². The Balaban J connectivity index is 1.53. The van der Waals surface area contributed by atoms with Gasteiger partial charge in [-0.3, -0.25) is 0 Å². The van der Waals surface area contributed by atoms with Gasteiger partial charge in [-0.1, -0.05) is 160 Å². The van der Waals surface area contributed by atoms with Crippen LogP contribution in [0.25, 0.3) is 46.7 Å². The van der Waals surface area contributed by atoms with Crippen LogP contribution in [0.2, 0.25) is 0 Å². The Hall–Kier alpha value is -5.20. The standard InChI is InChI=1S/C44H38/c1-7-35(38-20-12-10-17-30(38)5)33-26-25-29(4)34(28-33)27-31(6)43-36(8-2)37(9-3)44(42-23-15-14-22-41(42)43)40-24-16-19-32-18-11-13-21-39(32)40/h7-28,32,35,38-39H,1-6H2. The van der Waals surface area contributed by atoms with Crippen LogP contribution in [0.4, 0.5) is 0 Å². The van der Waals surface area contributed by atoms with Crippen LogP contribution in [-0.2, 0) is 0 Å². The molecule has 3 aliphatic rings. The SMILES string of the molecule is C=Cc1c(C=C)c(C2=CC=CC3C=CC=CC23)c2ccccc2c1C(=C)C=c1cc(C(C=C)C2C=CC=CC2=C)ccc1=C. The highest BCUT2D eigenvalue weighted by Crippen LogP contribution is 2.45. The molecule has 0 N–H and O–H groups in total. The largest absolute Gasteiger partial charge is 0.102 e. The molecular formula is C44H38. The molecule has 0 bridgehead atoms. The summed E-state index contributed by atoms with van der Waals surface area (Å²) < 4.78 is 0. The van der Waals surface area contributed by atoms with E-state index in [1.165, 1.54) is 22.1 Å². The zero-order valence-corrected chi connectivity index (χ0v) is 25.3. The topological polar surface area (TPSA) is 0 Å². The van der Waals surface area contributed by atoms with Crippen molar-refractivity contribution in [1.29, 1.82) is 0 Å². The summed E-state index contributed by atoms with van der Waals surface area (Å²) in [7, 11) is 0. The first-order valence-corrected chi connectivity index (χ1v) is 15.2. The van der Waals surface area contributed by atoms with Gasteiger partial charge in [-0.2, -0.15) is 0 Å². The van der Waals surface area contributed by atoms with Crippen LogP contribution in [0.3, 0.4) is 0 Å². The highest BCUT2D eigenvalue weighted by molar-refractivity contribution is 6.10. The third-order valence-electron chi connectivity index (χ3n) is 9.15. The predicted octanol–water partition coefficient (Wildman–Crippen LogP) is 9.91. The Bertz CT molecular complexity index is 2030. The average molecular weight is 567 g/mol. The van der Waals surface area contributed by atoms with Crippen LogP contribution < -0.4 is 10.4 Å². The Morgan fingerprint density at radius 3 is 2.25 bits per heavy atom. The van der Waals surface area contributed by atoms with E-state index in [0.717, 1.165) is 43.7 Å². The van der Waals surface area contributed by atoms with Gasteiger partial charge in [0.05, 0.1) is 0 Å². The average Bonchev–Trinajstić information content (AvgIpc) is 3.05. The molecule has 0 fully saturated rings. The Morgan fingerprint density at radius 2 is 1.50 bits per heavy atom. The van der Waals surface area contributed by atoms with Gasteiger partial charge in [0.25, 0.3) is 0 Å². The fraction of sp³-hybridized carbons (Fsp3) is 0.0909. The Kier molecular flexibility index (Phi) is 8.01. The fourth-order valence-electron chi connectivity index (χ4n) is 6.98. The zero-order chi connectivity index (χ0) is 30.8. The third kappa shape index (κ3) is 5.03. The maximum atomic E-state index is 4.63. The molecule has 0 amide bonds. The van der Waals surface area contributed by atoms with Crippen molar-refractivity contribution in [2.45, 2.75) is 5.92 Å². The number of rotatable bonds is 8. The molecule has 3 aromatic carbocycles. The molecule has 3 aromatic rings. The number of benzene rings is 3. The molecule has 3 aliphatic carbocycles. The Morgan fingerprint density at radius 1 is 0.773 bits per heavy atom. The van der Waals surface area contributed by atoms with Crippen LogP contribution in [0.5, 0.6) is 0 Å². The molecule has 4 atom stereocenters. The van der Waals surface area contributed by atoms with E-state index in [-0.39, 0.29) is 17.8 Å². The van der Waals surface area contributed by atoms with Crippen molar-refractivity contribution in [3.8, 4) is 0 Å². The van der Waals surface area contributed by atoms with Gasteiger partial charge in [0.15, 0.2) is 0 Å². The van der Waals surface area contributed by atoms with Gasteiger partial charge in [-0.25, -0.2) is 0 Å². The van der Waals surface area contributed by atoms with Crippen molar-refractivity contribution in [3.05, 3.63) is 192 Å². The summed E-state index contributed by atoms with van der Waals surface area (Å²) in [6.07, 6.45) is 32.1. The molecule has 6 rings (SSSR count). The molecule has 0 radical (unpaired) electrons. The minimum Gasteiger partial charge on any atom is -0.102 e. The smallest absolute Gasteiger partial charge is 0.0125 e. The van der Waals surface area contributed by atoms with Crippen molar-refractivity contribution in [2.75, 3.05) is 0 Å². The highest BCUT2D eigenvalue weighted by atomic mass is 14.3. The lowest BCUT2D eigenvalue weighted by molar-refractivity contribution is 0.678. The van der Waals surface area contributed by atoms with Gasteiger partial charge >= 0.3 is 0 Å². The summed E-state index contributed by atoms with van der Waals surface area (Å²) in [6, 6.07) is 15.1. The van der Waals surface area contributed by atoms with E-state index in [2.05, 4.69) is 149 Å². The molecule has 0 spiro atoms. The molecule has 4 unspecified atom stereocenters. The van der Waals surface area contributed by atoms with E-state index in [1.807, 2.05) is 24.3 Å². The number of fused-ring (bicyclic) bond motifs is 2. The van der Waals surface area contributed by atoms with E-state index >= 15 is 0 Å². The van der Waals surface area contributed by atoms with E-state index in [0.29, 0.717) is 5.92 Å². The second-order valence-corrected chi connectivity index (χ2v) is 11.6. The van der Waals surface area contributed by atoms with Crippen LogP contribution in [0.15, 0.2) is 154 Å². The summed E-state index contributed by atoms with van der Waals surface area (Å²) in [5.74, 6) is 0.878. The monoisotopic (exact) mass is 566 g/mol. The van der Waals surface area contributed by atoms with Crippen LogP contribution >= 0.6 is 0 Å². The predicted molar refractivity (Wildman–Crippen MR) is 195 cm³/mol. The van der Waals surface area contributed by atoms with Gasteiger partial charge < -0.3 is 0 Å². The van der Waals surface area contributed by atoms with Crippen molar-refractivity contribution in [1.82, 2.24) is 0 Å². The van der Waals surface area contributed by atoms with Crippen molar-refractivity contribution in [2.24, 2.45) is 17.8 Å². The first-order valence-electron chi connectivity index (χ1n) is 15.2. The molecule has 0 saturated heterocycles. The second-order valence-electron chi connectivity index (χ2n) is 11.6. The van der Waals surface area contributed by atoms with Crippen molar-refractivity contribution in [3.63, 3.8) is 0 Å². The third-order valence-corrected chi connectivity index (χ3v) is 9.15. The van der Waals surface area contributed by atoms with E-state index < -0.39 is 0 Å². The molecule has 0 heteroatoms. The van der Waals surface area contributed by atoms with Gasteiger partial charge in [0.2, 0.25) is 0 Å². The minimum atomic E-state index is 0.103. The summed E-state index contributed by atoms with van der Waals surface area (Å²) in [4.78, 5) is 0. The first-order chi connectivity index (χ1) is 21.5. The van der Waals surface area contributed by atoms with E-state index in [1.54, 1.807) is 0 Å². The zero-order valence-electron chi connectivity index (χ0n) is 25.3.